The van der Waals surface area contributed by atoms with E-state index < -0.39 is 0 Å². The Labute approximate surface area is 395 Å². The maximum absolute atomic E-state index is 13.1. The topological polar surface area (TPSA) is 190 Å². The van der Waals surface area contributed by atoms with Gasteiger partial charge in [0, 0.05) is 87.1 Å². The van der Waals surface area contributed by atoms with Gasteiger partial charge in [0.25, 0.3) is 23.6 Å². The molecule has 4 aromatic carbocycles. The Hall–Kier alpha value is -7.50. The molecule has 17 heteroatoms. The summed E-state index contributed by atoms with van der Waals surface area (Å²) in [6, 6.07) is 23.6. The predicted octanol–water partition coefficient (Wildman–Crippen LogP) is 7.88. The van der Waals surface area contributed by atoms with Crippen molar-refractivity contribution in [1.29, 1.82) is 0 Å². The number of carbonyl (C=O) groups excluding carboxylic acids is 6. The number of benzene rings is 4. The highest BCUT2D eigenvalue weighted by atomic mass is 32.1. The number of hydrogen-bond donors (Lipinski definition) is 6. The van der Waals surface area contributed by atoms with Crippen molar-refractivity contribution in [3.05, 3.63) is 131 Å². The van der Waals surface area contributed by atoms with E-state index in [9.17, 15) is 28.8 Å². The molecule has 0 bridgehead atoms. The maximum atomic E-state index is 13.1. The smallest absolute Gasteiger partial charge is 0.263 e. The quantitative estimate of drug-likeness (QED) is 0.0743. The average molecular weight is 939 g/mol. The molecule has 0 radical (unpaired) electrons. The van der Waals surface area contributed by atoms with Gasteiger partial charge in [-0.15, -0.1) is 22.7 Å². The molecule has 15 nitrogen and oxygen atoms in total. The molecule has 6 amide bonds. The molecule has 3 aliphatic heterocycles. The molecule has 6 aromatic rings. The van der Waals surface area contributed by atoms with Crippen LogP contribution in [0.4, 0.5) is 28.4 Å². The molecule has 2 aromatic heterocycles. The number of nitrogens with zero attached hydrogens (tertiary/aromatic N) is 2. The van der Waals surface area contributed by atoms with Crippen molar-refractivity contribution in [2.75, 3.05) is 66.0 Å². The summed E-state index contributed by atoms with van der Waals surface area (Å²) < 4.78 is 7.55. The molecule has 0 saturated heterocycles. The summed E-state index contributed by atoms with van der Waals surface area (Å²) >= 11 is 2.83. The van der Waals surface area contributed by atoms with Gasteiger partial charge in [-0.3, -0.25) is 28.8 Å². The van der Waals surface area contributed by atoms with Crippen LogP contribution in [0.3, 0.4) is 0 Å². The van der Waals surface area contributed by atoms with Crippen molar-refractivity contribution in [2.24, 2.45) is 0 Å². The number of thiophene rings is 2. The molecular formula is C50H50N8O7S2. The fourth-order valence-corrected chi connectivity index (χ4v) is 10.1. The van der Waals surface area contributed by atoms with E-state index in [0.717, 1.165) is 55.6 Å². The molecule has 9 rings (SSSR count). The molecule has 0 fully saturated rings. The van der Waals surface area contributed by atoms with Gasteiger partial charge in [0.15, 0.2) is 0 Å². The van der Waals surface area contributed by atoms with Gasteiger partial charge in [-0.05, 0) is 117 Å². The first-order chi connectivity index (χ1) is 32.3. The number of anilines is 5. The number of aryl methyl sites for hydroxylation is 1. The minimum Gasteiger partial charge on any atom is -0.492 e. The summed E-state index contributed by atoms with van der Waals surface area (Å²) in [6.07, 6.45) is 4.36. The van der Waals surface area contributed by atoms with E-state index in [0.29, 0.717) is 70.8 Å². The first-order valence-corrected chi connectivity index (χ1v) is 23.5. The number of rotatable bonds is 10. The van der Waals surface area contributed by atoms with Gasteiger partial charge in [-0.25, -0.2) is 0 Å². The molecule has 2 atom stereocenters. The van der Waals surface area contributed by atoms with Crippen LogP contribution in [0.25, 0.3) is 20.2 Å². The second-order valence-electron chi connectivity index (χ2n) is 16.4. The van der Waals surface area contributed by atoms with Crippen LogP contribution in [0.1, 0.15) is 65.9 Å². The molecule has 67 heavy (non-hydrogen) atoms. The highest BCUT2D eigenvalue weighted by Gasteiger charge is 2.27. The van der Waals surface area contributed by atoms with Gasteiger partial charge < -0.3 is 46.4 Å². The van der Waals surface area contributed by atoms with E-state index in [1.807, 2.05) is 56.3 Å². The zero-order valence-electron chi connectivity index (χ0n) is 37.2. The third-order valence-electron chi connectivity index (χ3n) is 11.5. The number of hydrogen-bond acceptors (Lipinski definition) is 11. The van der Waals surface area contributed by atoms with E-state index in [2.05, 4.69) is 45.1 Å². The lowest BCUT2D eigenvalue weighted by atomic mass is 10.0. The largest absolute Gasteiger partial charge is 0.492 e. The predicted molar refractivity (Wildman–Crippen MR) is 267 cm³/mol. The summed E-state index contributed by atoms with van der Waals surface area (Å²) in [5.74, 6) is -0.352. The van der Waals surface area contributed by atoms with Crippen molar-refractivity contribution >= 4 is 107 Å². The van der Waals surface area contributed by atoms with Crippen LogP contribution in [0.5, 0.6) is 5.75 Å². The molecule has 1 unspecified atom stereocenters. The van der Waals surface area contributed by atoms with Gasteiger partial charge in [0.05, 0.1) is 17.9 Å². The molecule has 5 heterocycles. The van der Waals surface area contributed by atoms with Crippen LogP contribution in [-0.2, 0) is 16.0 Å². The second-order valence-corrected chi connectivity index (χ2v) is 18.5. The van der Waals surface area contributed by atoms with E-state index in [1.54, 1.807) is 48.3 Å². The Morgan fingerprint density at radius 1 is 0.761 bits per heavy atom. The van der Waals surface area contributed by atoms with E-state index in [-0.39, 0.29) is 47.5 Å². The number of nitrogens with one attached hydrogen (secondary N) is 6. The Morgan fingerprint density at radius 2 is 1.31 bits per heavy atom. The molecular weight excluding hydrogens is 889 g/mol. The standard InChI is InChI=1S/C25H26N4O4S.C25H24N4O3S/c1-4-21(30)29(3)11-12-33-18-8-6-17(7-9-18)28-24(31)16-5-10-20-19(13-16)22-23(34-20)25(32)27-15(2)14-26-22;1-3-21(30)29-10-4-5-15-6-8-17(12-19(15)29)28-24(31)16-7-9-20-18(11-16)22-23(33-20)25(32)27-14(2)13-26-22/h4-10,13,15,26H,1,11-12,14H2,2-3H3,(H,27,32)(H,28,31);3,6-9,11-12,14,26H,1,4-5,10,13H2,2H3,(H,27,32)(H,28,31)/t;14-/m.1/s1. The Morgan fingerprint density at radius 3 is 1.87 bits per heavy atom. The highest BCUT2D eigenvalue weighted by molar-refractivity contribution is 7.22. The lowest BCUT2D eigenvalue weighted by Gasteiger charge is -2.29. The lowest BCUT2D eigenvalue weighted by molar-refractivity contribution is -0.125. The number of fused-ring (bicyclic) bond motifs is 7. The number of ether oxygens (including phenoxy) is 1. The minimum absolute atomic E-state index is 0.0233. The van der Waals surface area contributed by atoms with Crippen LogP contribution < -0.4 is 41.5 Å². The van der Waals surface area contributed by atoms with Crippen LogP contribution in [-0.4, -0.2) is 92.3 Å². The molecule has 0 aliphatic carbocycles. The van der Waals surface area contributed by atoms with Crippen LogP contribution in [0.15, 0.2) is 104 Å². The Kier molecular flexibility index (Phi) is 13.7. The molecule has 344 valence electrons. The van der Waals surface area contributed by atoms with Crippen molar-refractivity contribution in [3.63, 3.8) is 0 Å². The number of likely N-dealkylation sites (N-methyl/N-ethyl adjacent to an activating group) is 1. The van der Waals surface area contributed by atoms with Crippen molar-refractivity contribution in [1.82, 2.24) is 15.5 Å². The summed E-state index contributed by atoms with van der Waals surface area (Å²) in [4.78, 5) is 79.1. The summed E-state index contributed by atoms with van der Waals surface area (Å²) in [6.45, 7) is 13.6. The number of amides is 6. The zero-order chi connectivity index (χ0) is 47.4. The van der Waals surface area contributed by atoms with E-state index >= 15 is 0 Å². The molecule has 6 N–H and O–H groups in total. The Balaban J connectivity index is 0.000000182. The van der Waals surface area contributed by atoms with Gasteiger partial charge in [-0.1, -0.05) is 19.2 Å². The first kappa shape index (κ1) is 46.0. The normalized spacial score (nSPS) is 16.1. The SMILES string of the molecule is C=CC(=O)N(C)CCOc1ccc(NC(=O)c2ccc3sc4c(c3c2)NCC(C)NC4=O)cc1.C=CC(=O)N1CCCc2ccc(NC(=O)c3ccc4sc5c(c4c3)NC[C@@H](C)NC5=O)cc21. The summed E-state index contributed by atoms with van der Waals surface area (Å²) in [7, 11) is 1.68. The Bertz CT molecular complexity index is 2960. The fourth-order valence-electron chi connectivity index (χ4n) is 7.94. The summed E-state index contributed by atoms with van der Waals surface area (Å²) in [5, 5.41) is 20.2. The maximum Gasteiger partial charge on any atom is 0.263 e. The van der Waals surface area contributed by atoms with Gasteiger partial charge in [0.2, 0.25) is 11.8 Å². The van der Waals surface area contributed by atoms with Crippen LogP contribution in [0.2, 0.25) is 0 Å². The molecule has 0 saturated carbocycles. The van der Waals surface area contributed by atoms with Crippen LogP contribution >= 0.6 is 22.7 Å². The van der Waals surface area contributed by atoms with Crippen molar-refractivity contribution in [3.8, 4) is 5.75 Å². The van der Waals surface area contributed by atoms with Crippen LogP contribution in [0, 0.1) is 0 Å². The zero-order valence-corrected chi connectivity index (χ0v) is 38.9. The van der Waals surface area contributed by atoms with Crippen molar-refractivity contribution < 1.29 is 33.5 Å². The van der Waals surface area contributed by atoms with E-state index in [1.165, 1.54) is 39.7 Å². The molecule has 0 spiro atoms. The second kappa shape index (κ2) is 19.9. The van der Waals surface area contributed by atoms with Gasteiger partial charge >= 0.3 is 0 Å². The van der Waals surface area contributed by atoms with E-state index in [4.69, 9.17) is 4.74 Å². The highest BCUT2D eigenvalue weighted by Crippen LogP contribution is 2.39. The van der Waals surface area contributed by atoms with Gasteiger partial charge in [-0.2, -0.15) is 0 Å². The number of carbonyl (C=O) groups is 6. The monoisotopic (exact) mass is 938 g/mol. The third kappa shape index (κ3) is 10.2. The molecule has 3 aliphatic rings. The average Bonchev–Trinajstić information content (AvgIpc) is 3.81. The third-order valence-corrected chi connectivity index (χ3v) is 13.8. The van der Waals surface area contributed by atoms with Gasteiger partial charge in [0.1, 0.15) is 22.1 Å². The first-order valence-electron chi connectivity index (χ1n) is 21.8. The summed E-state index contributed by atoms with van der Waals surface area (Å²) in [5.41, 5.74) is 5.70. The van der Waals surface area contributed by atoms with Crippen molar-refractivity contribution in [2.45, 2.75) is 38.8 Å². The minimum atomic E-state index is -0.249. The fraction of sp³-hybridized carbons (Fsp3) is 0.240. The lowest BCUT2D eigenvalue weighted by Crippen LogP contribution is -2.34.